The number of likely N-dealkylation sites (tertiary alicyclic amines) is 1. The highest BCUT2D eigenvalue weighted by Crippen LogP contribution is 2.25. The summed E-state index contributed by atoms with van der Waals surface area (Å²) in [5, 5.41) is 8.83. The SMILES string of the molecule is C[C@@H]1CCC[C@H](C)N1C(=O)CSc1nnc(-c2ccccc2)n1N. The van der Waals surface area contributed by atoms with Gasteiger partial charge in [0.15, 0.2) is 5.82 Å². The second-order valence-electron chi connectivity index (χ2n) is 6.26. The van der Waals surface area contributed by atoms with E-state index in [1.54, 1.807) is 0 Å². The molecule has 1 aliphatic heterocycles. The van der Waals surface area contributed by atoms with Crippen LogP contribution in [0, 0.1) is 0 Å². The molecule has 2 aromatic rings. The molecule has 1 fully saturated rings. The predicted octanol–water partition coefficient (Wildman–Crippen LogP) is 2.54. The molecule has 0 aliphatic carbocycles. The Kier molecular flexibility index (Phi) is 5.08. The molecule has 0 bridgehead atoms. The monoisotopic (exact) mass is 345 g/mol. The predicted molar refractivity (Wildman–Crippen MR) is 96.0 cm³/mol. The van der Waals surface area contributed by atoms with Crippen LogP contribution in [0.1, 0.15) is 33.1 Å². The number of nitrogens with zero attached hydrogens (tertiary/aromatic N) is 4. The van der Waals surface area contributed by atoms with E-state index in [9.17, 15) is 4.79 Å². The minimum absolute atomic E-state index is 0.143. The Hall–Kier alpha value is -2.02. The third-order valence-electron chi connectivity index (χ3n) is 4.50. The van der Waals surface area contributed by atoms with Gasteiger partial charge in [0.1, 0.15) is 0 Å². The maximum atomic E-state index is 12.6. The summed E-state index contributed by atoms with van der Waals surface area (Å²) in [6.45, 7) is 4.24. The third-order valence-corrected chi connectivity index (χ3v) is 5.43. The third kappa shape index (κ3) is 3.40. The first kappa shape index (κ1) is 16.8. The van der Waals surface area contributed by atoms with Gasteiger partial charge >= 0.3 is 0 Å². The molecular weight excluding hydrogens is 322 g/mol. The van der Waals surface area contributed by atoms with Crippen LogP contribution in [0.3, 0.4) is 0 Å². The highest BCUT2D eigenvalue weighted by atomic mass is 32.2. The number of amides is 1. The fourth-order valence-electron chi connectivity index (χ4n) is 3.27. The molecule has 1 aromatic carbocycles. The average Bonchev–Trinajstić information content (AvgIpc) is 2.94. The first-order valence-corrected chi connectivity index (χ1v) is 9.26. The Balaban J connectivity index is 1.67. The van der Waals surface area contributed by atoms with Crippen LogP contribution in [0.25, 0.3) is 11.4 Å². The minimum atomic E-state index is 0.143. The maximum Gasteiger partial charge on any atom is 0.233 e. The second-order valence-corrected chi connectivity index (χ2v) is 7.20. The number of nitrogens with two attached hydrogens (primary N) is 1. The lowest BCUT2D eigenvalue weighted by Crippen LogP contribution is -2.48. The molecule has 24 heavy (non-hydrogen) atoms. The van der Waals surface area contributed by atoms with Crippen molar-refractivity contribution in [2.24, 2.45) is 0 Å². The van der Waals surface area contributed by atoms with Gasteiger partial charge in [-0.1, -0.05) is 42.1 Å². The lowest BCUT2D eigenvalue weighted by molar-refractivity contribution is -0.134. The van der Waals surface area contributed by atoms with E-state index >= 15 is 0 Å². The van der Waals surface area contributed by atoms with Crippen LogP contribution in [0.2, 0.25) is 0 Å². The van der Waals surface area contributed by atoms with E-state index in [1.807, 2.05) is 35.2 Å². The smallest absolute Gasteiger partial charge is 0.233 e. The normalized spacial score (nSPS) is 21.0. The summed E-state index contributed by atoms with van der Waals surface area (Å²) in [7, 11) is 0. The van der Waals surface area contributed by atoms with Gasteiger partial charge in [-0.05, 0) is 33.1 Å². The van der Waals surface area contributed by atoms with Crippen LogP contribution in [-0.2, 0) is 4.79 Å². The number of rotatable bonds is 4. The fourth-order valence-corrected chi connectivity index (χ4v) is 4.00. The van der Waals surface area contributed by atoms with E-state index in [4.69, 9.17) is 5.84 Å². The molecular formula is C17H23N5OS. The second kappa shape index (κ2) is 7.25. The number of carbonyl (C=O) groups is 1. The van der Waals surface area contributed by atoms with Crippen molar-refractivity contribution in [1.82, 2.24) is 19.8 Å². The molecule has 0 saturated carbocycles. The summed E-state index contributed by atoms with van der Waals surface area (Å²) >= 11 is 1.34. The van der Waals surface area contributed by atoms with Gasteiger partial charge in [0.2, 0.25) is 11.1 Å². The van der Waals surface area contributed by atoms with E-state index in [-0.39, 0.29) is 5.91 Å². The van der Waals surface area contributed by atoms with Crippen molar-refractivity contribution in [1.29, 1.82) is 0 Å². The molecule has 1 aromatic heterocycles. The Morgan fingerprint density at radius 3 is 2.54 bits per heavy atom. The Morgan fingerprint density at radius 1 is 1.21 bits per heavy atom. The highest BCUT2D eigenvalue weighted by molar-refractivity contribution is 7.99. The first-order valence-electron chi connectivity index (χ1n) is 8.27. The zero-order chi connectivity index (χ0) is 17.1. The van der Waals surface area contributed by atoms with Crippen LogP contribution in [0.5, 0.6) is 0 Å². The van der Waals surface area contributed by atoms with Crippen LogP contribution >= 0.6 is 11.8 Å². The van der Waals surface area contributed by atoms with E-state index in [0.717, 1.165) is 18.4 Å². The number of piperidine rings is 1. The number of aromatic nitrogens is 3. The van der Waals surface area contributed by atoms with Gasteiger partial charge in [-0.15, -0.1) is 10.2 Å². The van der Waals surface area contributed by atoms with E-state index in [0.29, 0.717) is 28.8 Å². The van der Waals surface area contributed by atoms with Crippen molar-refractivity contribution in [3.05, 3.63) is 30.3 Å². The quantitative estimate of drug-likeness (QED) is 0.681. The van der Waals surface area contributed by atoms with Crippen molar-refractivity contribution in [2.45, 2.75) is 50.4 Å². The highest BCUT2D eigenvalue weighted by Gasteiger charge is 2.29. The summed E-state index contributed by atoms with van der Waals surface area (Å²) < 4.78 is 1.45. The molecule has 0 radical (unpaired) electrons. The van der Waals surface area contributed by atoms with Crippen LogP contribution in [0.4, 0.5) is 0 Å². The van der Waals surface area contributed by atoms with Crippen LogP contribution in [-0.4, -0.2) is 43.5 Å². The number of thioether (sulfide) groups is 1. The molecule has 2 N–H and O–H groups in total. The Labute approximate surface area is 146 Å². The largest absolute Gasteiger partial charge is 0.337 e. The van der Waals surface area contributed by atoms with Gasteiger partial charge in [0.25, 0.3) is 0 Å². The average molecular weight is 345 g/mol. The molecule has 1 aliphatic rings. The Morgan fingerprint density at radius 2 is 1.88 bits per heavy atom. The summed E-state index contributed by atoms with van der Waals surface area (Å²) in [6.07, 6.45) is 3.34. The molecule has 128 valence electrons. The molecule has 2 heterocycles. The van der Waals surface area contributed by atoms with Crippen molar-refractivity contribution in [2.75, 3.05) is 11.6 Å². The molecule has 1 saturated heterocycles. The van der Waals surface area contributed by atoms with Crippen molar-refractivity contribution in [3.63, 3.8) is 0 Å². The number of hydrogen-bond acceptors (Lipinski definition) is 5. The molecule has 2 atom stereocenters. The number of nitrogen functional groups attached to an aromatic ring is 1. The minimum Gasteiger partial charge on any atom is -0.337 e. The van der Waals surface area contributed by atoms with Gasteiger partial charge < -0.3 is 10.7 Å². The fraction of sp³-hybridized carbons (Fsp3) is 0.471. The number of hydrogen-bond donors (Lipinski definition) is 1. The summed E-state index contributed by atoms with van der Waals surface area (Å²) in [5.74, 6) is 7.18. The van der Waals surface area contributed by atoms with Gasteiger partial charge in [-0.2, -0.15) is 0 Å². The molecule has 7 heteroatoms. The van der Waals surface area contributed by atoms with Crippen molar-refractivity contribution in [3.8, 4) is 11.4 Å². The van der Waals surface area contributed by atoms with E-state index in [2.05, 4.69) is 24.0 Å². The Bertz CT molecular complexity index is 692. The zero-order valence-corrected chi connectivity index (χ0v) is 14.9. The van der Waals surface area contributed by atoms with Crippen LogP contribution in [0.15, 0.2) is 35.5 Å². The van der Waals surface area contributed by atoms with Gasteiger partial charge in [-0.25, -0.2) is 4.68 Å². The first-order chi connectivity index (χ1) is 11.6. The lowest BCUT2D eigenvalue weighted by Gasteiger charge is -2.39. The molecule has 6 nitrogen and oxygen atoms in total. The molecule has 1 amide bonds. The summed E-state index contributed by atoms with van der Waals surface area (Å²) in [4.78, 5) is 14.6. The van der Waals surface area contributed by atoms with Crippen molar-refractivity contribution < 1.29 is 4.79 Å². The molecule has 3 rings (SSSR count). The summed E-state index contributed by atoms with van der Waals surface area (Å²) in [5.41, 5.74) is 0.906. The van der Waals surface area contributed by atoms with Crippen LogP contribution < -0.4 is 5.84 Å². The van der Waals surface area contributed by atoms with Gasteiger partial charge in [0, 0.05) is 17.6 Å². The maximum absolute atomic E-state index is 12.6. The lowest BCUT2D eigenvalue weighted by atomic mass is 9.98. The molecule has 0 unspecified atom stereocenters. The van der Waals surface area contributed by atoms with Gasteiger partial charge in [-0.3, -0.25) is 4.79 Å². The topological polar surface area (TPSA) is 77.0 Å². The summed E-state index contributed by atoms with van der Waals surface area (Å²) in [6, 6.07) is 10.3. The number of benzene rings is 1. The van der Waals surface area contributed by atoms with E-state index in [1.165, 1.54) is 22.9 Å². The van der Waals surface area contributed by atoms with Crippen molar-refractivity contribution >= 4 is 17.7 Å². The molecule has 0 spiro atoms. The standard InChI is InChI=1S/C17H23N5OS/c1-12-7-6-8-13(2)21(12)15(23)11-24-17-20-19-16(22(17)18)14-9-4-3-5-10-14/h3-5,9-10,12-13H,6-8,11,18H2,1-2H3/t12-,13+. The van der Waals surface area contributed by atoms with E-state index < -0.39 is 0 Å². The van der Waals surface area contributed by atoms with Gasteiger partial charge in [0.05, 0.1) is 5.75 Å². The zero-order valence-electron chi connectivity index (χ0n) is 14.1. The number of carbonyl (C=O) groups excluding carboxylic acids is 1.